The largest absolute Gasteiger partial charge is 0.331 e. The fourth-order valence-electron chi connectivity index (χ4n) is 3.11. The summed E-state index contributed by atoms with van der Waals surface area (Å²) in [5.74, 6) is 1.40. The molecule has 0 spiro atoms. The first kappa shape index (κ1) is 18.8. The molecule has 0 atom stereocenters. The molecule has 1 aromatic carbocycles. The number of nitrogens with one attached hydrogen (secondary N) is 2. The van der Waals surface area contributed by atoms with E-state index in [1.807, 2.05) is 25.2 Å². The predicted molar refractivity (Wildman–Crippen MR) is 106 cm³/mol. The minimum Gasteiger partial charge on any atom is -0.331 e. The van der Waals surface area contributed by atoms with Crippen molar-refractivity contribution in [3.05, 3.63) is 52.0 Å². The Hall–Kier alpha value is -2.96. The molecular weight excluding hydrogens is 342 g/mol. The van der Waals surface area contributed by atoms with Crippen molar-refractivity contribution >= 4 is 22.6 Å². The first-order chi connectivity index (χ1) is 12.6. The molecule has 0 aliphatic carbocycles. The number of benzene rings is 1. The molecule has 2 heterocycles. The van der Waals surface area contributed by atoms with Crippen LogP contribution in [0.25, 0.3) is 11.0 Å². The first-order valence-electron chi connectivity index (χ1n) is 8.97. The van der Waals surface area contributed by atoms with Crippen molar-refractivity contribution in [2.24, 2.45) is 7.05 Å². The fraction of sp³-hybridized carbons (Fsp3) is 0.400. The maximum atomic E-state index is 12.3. The summed E-state index contributed by atoms with van der Waals surface area (Å²) in [6, 6.07) is 5.71. The Morgan fingerprint density at radius 3 is 2.70 bits per heavy atom. The smallest absolute Gasteiger partial charge is 0.254 e. The summed E-state index contributed by atoms with van der Waals surface area (Å²) in [5, 5.41) is 2.88. The van der Waals surface area contributed by atoms with Crippen molar-refractivity contribution in [3.63, 3.8) is 0 Å². The molecule has 2 aromatic heterocycles. The van der Waals surface area contributed by atoms with Crippen LogP contribution in [0.1, 0.15) is 44.4 Å². The van der Waals surface area contributed by atoms with Gasteiger partial charge in [0, 0.05) is 36.3 Å². The van der Waals surface area contributed by atoms with Gasteiger partial charge >= 0.3 is 0 Å². The minimum absolute atomic E-state index is 0.0632. The minimum atomic E-state index is -0.195. The van der Waals surface area contributed by atoms with E-state index >= 15 is 0 Å². The molecule has 2 N–H and O–H groups in total. The van der Waals surface area contributed by atoms with E-state index in [-0.39, 0.29) is 23.3 Å². The summed E-state index contributed by atoms with van der Waals surface area (Å²) in [6.45, 7) is 8.09. The lowest BCUT2D eigenvalue weighted by atomic mass is 9.96. The van der Waals surface area contributed by atoms with Gasteiger partial charge in [-0.3, -0.25) is 9.59 Å². The number of aryl methyl sites for hydroxylation is 3. The van der Waals surface area contributed by atoms with Crippen molar-refractivity contribution < 1.29 is 4.79 Å². The van der Waals surface area contributed by atoms with E-state index in [9.17, 15) is 9.59 Å². The highest BCUT2D eigenvalue weighted by Crippen LogP contribution is 2.26. The van der Waals surface area contributed by atoms with Gasteiger partial charge < -0.3 is 14.9 Å². The molecule has 7 nitrogen and oxygen atoms in total. The summed E-state index contributed by atoms with van der Waals surface area (Å²) in [6.07, 6.45) is 2.07. The molecule has 1 amide bonds. The lowest BCUT2D eigenvalue weighted by molar-refractivity contribution is -0.116. The molecule has 0 aliphatic rings. The predicted octanol–water partition coefficient (Wildman–Crippen LogP) is 2.83. The van der Waals surface area contributed by atoms with Crippen LogP contribution in [0.5, 0.6) is 0 Å². The zero-order valence-corrected chi connectivity index (χ0v) is 16.4. The Morgan fingerprint density at radius 2 is 2.04 bits per heavy atom. The average molecular weight is 367 g/mol. The van der Waals surface area contributed by atoms with Crippen LogP contribution >= 0.6 is 0 Å². The molecule has 3 rings (SSSR count). The molecular formula is C20H25N5O2. The lowest BCUT2D eigenvalue weighted by Crippen LogP contribution is -2.18. The van der Waals surface area contributed by atoms with Crippen LogP contribution in [0.15, 0.2) is 29.2 Å². The van der Waals surface area contributed by atoms with Crippen LogP contribution in [0.2, 0.25) is 0 Å². The molecule has 0 bridgehead atoms. The number of anilines is 1. The third-order valence-electron chi connectivity index (χ3n) is 4.46. The molecule has 27 heavy (non-hydrogen) atoms. The average Bonchev–Trinajstić information content (AvgIpc) is 2.90. The van der Waals surface area contributed by atoms with Gasteiger partial charge in [-0.05, 0) is 31.5 Å². The monoisotopic (exact) mass is 367 g/mol. The van der Waals surface area contributed by atoms with Gasteiger partial charge in [0.15, 0.2) is 0 Å². The number of amides is 1. The number of hydrogen-bond donors (Lipinski definition) is 2. The molecule has 0 radical (unpaired) electrons. The number of hydrogen-bond acceptors (Lipinski definition) is 4. The van der Waals surface area contributed by atoms with Crippen molar-refractivity contribution in [3.8, 4) is 0 Å². The molecule has 0 fully saturated rings. The van der Waals surface area contributed by atoms with E-state index in [2.05, 4.69) is 40.6 Å². The van der Waals surface area contributed by atoms with Crippen LogP contribution < -0.4 is 10.9 Å². The van der Waals surface area contributed by atoms with Gasteiger partial charge in [-0.2, -0.15) is 0 Å². The molecule has 0 unspecified atom stereocenters. The lowest BCUT2D eigenvalue weighted by Gasteiger charge is -2.17. The summed E-state index contributed by atoms with van der Waals surface area (Å²) >= 11 is 0. The Bertz CT molecular complexity index is 1060. The second-order valence-corrected chi connectivity index (χ2v) is 7.82. The van der Waals surface area contributed by atoms with Crippen molar-refractivity contribution in [2.45, 2.75) is 46.0 Å². The molecule has 142 valence electrons. The van der Waals surface area contributed by atoms with Gasteiger partial charge in [0.05, 0.1) is 11.0 Å². The number of H-pyrrole nitrogens is 1. The number of imidazole rings is 1. The normalized spacial score (nSPS) is 11.7. The molecule has 0 aliphatic heterocycles. The zero-order valence-electron chi connectivity index (χ0n) is 16.4. The fourth-order valence-corrected chi connectivity index (χ4v) is 3.11. The van der Waals surface area contributed by atoms with Gasteiger partial charge in [-0.15, -0.1) is 0 Å². The Labute approximate surface area is 157 Å². The summed E-state index contributed by atoms with van der Waals surface area (Å²) in [7, 11) is 2.00. The summed E-state index contributed by atoms with van der Waals surface area (Å²) in [5.41, 5.74) is 2.81. The maximum absolute atomic E-state index is 12.3. The summed E-state index contributed by atoms with van der Waals surface area (Å²) in [4.78, 5) is 35.5. The Kier molecular flexibility index (Phi) is 4.87. The van der Waals surface area contributed by atoms with E-state index < -0.39 is 0 Å². The highest BCUT2D eigenvalue weighted by atomic mass is 16.1. The number of aromatic nitrogens is 4. The summed E-state index contributed by atoms with van der Waals surface area (Å²) < 4.78 is 2.08. The quantitative estimate of drug-likeness (QED) is 0.741. The van der Waals surface area contributed by atoms with Gasteiger partial charge in [-0.25, -0.2) is 9.97 Å². The number of rotatable bonds is 4. The molecule has 7 heteroatoms. The highest BCUT2D eigenvalue weighted by molar-refractivity contribution is 5.93. The number of carbonyl (C=O) groups excluding carboxylic acids is 1. The molecule has 0 saturated heterocycles. The number of nitrogens with zero attached hydrogens (tertiary/aromatic N) is 3. The van der Waals surface area contributed by atoms with E-state index in [0.29, 0.717) is 23.5 Å². The topological polar surface area (TPSA) is 92.7 Å². The number of fused-ring (bicyclic) bond motifs is 1. The Balaban J connectivity index is 1.72. The zero-order chi connectivity index (χ0) is 19.8. The highest BCUT2D eigenvalue weighted by Gasteiger charge is 2.21. The van der Waals surface area contributed by atoms with E-state index in [1.165, 1.54) is 6.20 Å². The van der Waals surface area contributed by atoms with E-state index in [4.69, 9.17) is 4.98 Å². The standard InChI is InChI=1S/C20H25N5O2/c1-12-21-11-13(18(27)22-12)6-9-17(26)23-14-7-8-16-15(10-14)24-19(25(16)5)20(2,3)4/h7-8,10-11H,6,9H2,1-5H3,(H,23,26)(H,21,22,27). The van der Waals surface area contributed by atoms with Crippen LogP contribution in [0, 0.1) is 6.92 Å². The first-order valence-corrected chi connectivity index (χ1v) is 8.97. The van der Waals surface area contributed by atoms with Gasteiger partial charge in [0.25, 0.3) is 5.56 Å². The number of carbonyl (C=O) groups is 1. The maximum Gasteiger partial charge on any atom is 0.254 e. The van der Waals surface area contributed by atoms with Gasteiger partial charge in [0.1, 0.15) is 11.6 Å². The van der Waals surface area contributed by atoms with Crippen molar-refractivity contribution in [2.75, 3.05) is 5.32 Å². The second kappa shape index (κ2) is 6.98. The van der Waals surface area contributed by atoms with E-state index in [0.717, 1.165) is 16.9 Å². The Morgan fingerprint density at radius 1 is 1.30 bits per heavy atom. The van der Waals surface area contributed by atoms with Crippen molar-refractivity contribution in [1.82, 2.24) is 19.5 Å². The third-order valence-corrected chi connectivity index (χ3v) is 4.46. The van der Waals surface area contributed by atoms with Crippen LogP contribution in [-0.4, -0.2) is 25.4 Å². The molecule has 0 saturated carbocycles. The van der Waals surface area contributed by atoms with Crippen LogP contribution in [0.3, 0.4) is 0 Å². The second-order valence-electron chi connectivity index (χ2n) is 7.82. The van der Waals surface area contributed by atoms with Gasteiger partial charge in [0.2, 0.25) is 5.91 Å². The van der Waals surface area contributed by atoms with Crippen LogP contribution in [-0.2, 0) is 23.7 Å². The van der Waals surface area contributed by atoms with Gasteiger partial charge in [-0.1, -0.05) is 20.8 Å². The van der Waals surface area contributed by atoms with Crippen LogP contribution in [0.4, 0.5) is 5.69 Å². The third kappa shape index (κ3) is 4.07. The van der Waals surface area contributed by atoms with Crippen molar-refractivity contribution in [1.29, 1.82) is 0 Å². The van der Waals surface area contributed by atoms with E-state index in [1.54, 1.807) is 6.92 Å². The SMILES string of the molecule is Cc1ncc(CCC(=O)Nc2ccc3c(c2)nc(C(C)(C)C)n3C)c(=O)[nH]1. The number of aromatic amines is 1. The molecule has 3 aromatic rings.